The lowest BCUT2D eigenvalue weighted by atomic mass is 9.90. The predicted molar refractivity (Wildman–Crippen MR) is 119 cm³/mol. The van der Waals surface area contributed by atoms with Crippen LogP contribution in [0.4, 0.5) is 17.1 Å². The van der Waals surface area contributed by atoms with Crippen molar-refractivity contribution in [3.8, 4) is 5.75 Å². The van der Waals surface area contributed by atoms with E-state index in [0.29, 0.717) is 22.7 Å². The highest BCUT2D eigenvalue weighted by molar-refractivity contribution is 6.24. The van der Waals surface area contributed by atoms with E-state index in [1.807, 2.05) is 18.2 Å². The van der Waals surface area contributed by atoms with Crippen molar-refractivity contribution in [2.75, 3.05) is 17.1 Å². The number of carbonyl (C=O) groups is 2. The topological polar surface area (TPSA) is 102 Å². The average molecular weight is 445 g/mol. The van der Waals surface area contributed by atoms with E-state index < -0.39 is 34.8 Å². The van der Waals surface area contributed by atoms with Gasteiger partial charge in [-0.3, -0.25) is 24.5 Å². The van der Waals surface area contributed by atoms with Crippen LogP contribution in [0.3, 0.4) is 0 Å². The van der Waals surface area contributed by atoms with Crippen LogP contribution in [0.1, 0.15) is 11.6 Å². The number of benzene rings is 3. The molecule has 2 aliphatic heterocycles. The van der Waals surface area contributed by atoms with E-state index in [1.165, 1.54) is 24.3 Å². The second kappa shape index (κ2) is 8.03. The molecule has 3 aromatic rings. The molecule has 0 aliphatic carbocycles. The lowest BCUT2D eigenvalue weighted by molar-refractivity contribution is -0.384. The fourth-order valence-electron chi connectivity index (χ4n) is 4.43. The number of hydroxylamine groups is 1. The normalized spacial score (nSPS) is 21.9. The van der Waals surface area contributed by atoms with Crippen LogP contribution in [-0.4, -0.2) is 30.0 Å². The van der Waals surface area contributed by atoms with Crippen molar-refractivity contribution in [3.05, 3.63) is 94.5 Å². The third-order valence-corrected chi connectivity index (χ3v) is 5.87. The molecule has 33 heavy (non-hydrogen) atoms. The van der Waals surface area contributed by atoms with E-state index in [-0.39, 0.29) is 5.69 Å². The molecule has 0 N–H and O–H groups in total. The molecule has 0 saturated carbocycles. The number of nitro groups is 1. The Morgan fingerprint density at radius 1 is 0.939 bits per heavy atom. The van der Waals surface area contributed by atoms with Gasteiger partial charge in [0, 0.05) is 12.1 Å². The molecule has 0 spiro atoms. The molecule has 0 bridgehead atoms. The van der Waals surface area contributed by atoms with Crippen LogP contribution < -0.4 is 14.7 Å². The summed E-state index contributed by atoms with van der Waals surface area (Å²) in [5, 5.41) is 12.9. The summed E-state index contributed by atoms with van der Waals surface area (Å²) in [7, 11) is 1.46. The van der Waals surface area contributed by atoms with Crippen molar-refractivity contribution in [1.29, 1.82) is 0 Å². The van der Waals surface area contributed by atoms with Crippen molar-refractivity contribution in [3.63, 3.8) is 0 Å². The van der Waals surface area contributed by atoms with Gasteiger partial charge < -0.3 is 4.74 Å². The third kappa shape index (κ3) is 3.30. The predicted octanol–water partition coefficient (Wildman–Crippen LogP) is 3.65. The van der Waals surface area contributed by atoms with Gasteiger partial charge in [0.2, 0.25) is 5.91 Å². The number of fused-ring (bicyclic) bond motifs is 1. The summed E-state index contributed by atoms with van der Waals surface area (Å²) >= 11 is 0. The summed E-state index contributed by atoms with van der Waals surface area (Å²) in [5.41, 5.74) is 1.36. The molecule has 2 saturated heterocycles. The summed E-state index contributed by atoms with van der Waals surface area (Å²) < 4.78 is 5.35. The van der Waals surface area contributed by atoms with Gasteiger partial charge in [-0.2, -0.15) is 0 Å². The number of para-hydroxylation sites is 3. The molecular formula is C24H19N3O6. The first-order valence-corrected chi connectivity index (χ1v) is 10.3. The van der Waals surface area contributed by atoms with Crippen molar-refractivity contribution in [1.82, 2.24) is 0 Å². The molecule has 3 atom stereocenters. The van der Waals surface area contributed by atoms with Crippen molar-refractivity contribution < 1.29 is 24.1 Å². The van der Waals surface area contributed by atoms with E-state index in [1.54, 1.807) is 48.5 Å². The highest BCUT2D eigenvalue weighted by Crippen LogP contribution is 2.48. The number of rotatable bonds is 5. The maximum absolute atomic E-state index is 13.7. The standard InChI is InChI=1S/C24H19N3O6/c1-32-19-13-6-5-12-18(19)25-23(28)20-21(15-8-7-11-17(14-15)27(30)31)26(33-22(20)24(25)29)16-9-3-2-4-10-16/h2-14,20-22H,1H3/t20-,21+,22+/m1/s1. The van der Waals surface area contributed by atoms with Gasteiger partial charge in [0.05, 0.1) is 29.4 Å². The average Bonchev–Trinajstić information content (AvgIpc) is 3.35. The summed E-state index contributed by atoms with van der Waals surface area (Å²) in [5.74, 6) is -1.48. The zero-order chi connectivity index (χ0) is 23.1. The van der Waals surface area contributed by atoms with Crippen LogP contribution in [0.2, 0.25) is 0 Å². The first kappa shape index (κ1) is 20.7. The summed E-state index contributed by atoms with van der Waals surface area (Å²) in [6.45, 7) is 0. The van der Waals surface area contributed by atoms with Crippen molar-refractivity contribution >= 4 is 28.9 Å². The molecule has 3 aromatic carbocycles. The number of nitro benzene ring substituents is 1. The summed E-state index contributed by atoms with van der Waals surface area (Å²) in [4.78, 5) is 45.1. The molecule has 5 rings (SSSR count). The van der Waals surface area contributed by atoms with Crippen molar-refractivity contribution in [2.24, 2.45) is 5.92 Å². The first-order chi connectivity index (χ1) is 16.0. The lowest BCUT2D eigenvalue weighted by Crippen LogP contribution is -2.37. The van der Waals surface area contributed by atoms with Crippen LogP contribution in [-0.2, 0) is 14.4 Å². The number of non-ortho nitro benzene ring substituents is 1. The maximum Gasteiger partial charge on any atom is 0.269 e. The zero-order valence-corrected chi connectivity index (χ0v) is 17.5. The van der Waals surface area contributed by atoms with E-state index in [9.17, 15) is 19.7 Å². The highest BCUT2D eigenvalue weighted by Gasteiger charge is 2.60. The SMILES string of the molecule is COc1ccccc1N1C(=O)[C@H]2[C@H](ON(c3ccccc3)[C@H]2c2cccc([N+](=O)[O-])c2)C1=O. The van der Waals surface area contributed by atoms with Crippen LogP contribution >= 0.6 is 0 Å². The molecule has 2 fully saturated rings. The number of nitrogens with zero attached hydrogens (tertiary/aromatic N) is 3. The zero-order valence-electron chi connectivity index (χ0n) is 17.5. The molecule has 0 radical (unpaired) electrons. The Morgan fingerprint density at radius 2 is 1.67 bits per heavy atom. The Balaban J connectivity index is 1.62. The monoisotopic (exact) mass is 445 g/mol. The maximum atomic E-state index is 13.7. The van der Waals surface area contributed by atoms with E-state index in [0.717, 1.165) is 4.90 Å². The van der Waals surface area contributed by atoms with Crippen LogP contribution in [0, 0.1) is 16.0 Å². The van der Waals surface area contributed by atoms with Gasteiger partial charge in [0.25, 0.3) is 11.6 Å². The second-order valence-electron chi connectivity index (χ2n) is 7.69. The van der Waals surface area contributed by atoms with Gasteiger partial charge in [-0.25, -0.2) is 9.96 Å². The fraction of sp³-hybridized carbons (Fsp3) is 0.167. The minimum absolute atomic E-state index is 0.109. The number of imide groups is 1. The number of hydrogen-bond donors (Lipinski definition) is 0. The summed E-state index contributed by atoms with van der Waals surface area (Å²) in [6, 6.07) is 21.1. The Kier molecular flexibility index (Phi) is 5.02. The van der Waals surface area contributed by atoms with Gasteiger partial charge in [-0.15, -0.1) is 0 Å². The lowest BCUT2D eigenvalue weighted by Gasteiger charge is -2.29. The van der Waals surface area contributed by atoms with Crippen LogP contribution in [0.25, 0.3) is 0 Å². The van der Waals surface area contributed by atoms with E-state index in [4.69, 9.17) is 9.57 Å². The number of carbonyl (C=O) groups excluding carboxylic acids is 2. The van der Waals surface area contributed by atoms with Gasteiger partial charge in [0.1, 0.15) is 11.7 Å². The molecule has 2 heterocycles. The Labute approximate surface area is 188 Å². The minimum Gasteiger partial charge on any atom is -0.495 e. The highest BCUT2D eigenvalue weighted by atomic mass is 16.7. The molecule has 0 unspecified atom stereocenters. The van der Waals surface area contributed by atoms with Crippen molar-refractivity contribution in [2.45, 2.75) is 12.1 Å². The van der Waals surface area contributed by atoms with E-state index in [2.05, 4.69) is 0 Å². The van der Waals surface area contributed by atoms with Crippen LogP contribution in [0.15, 0.2) is 78.9 Å². The molecule has 0 aromatic heterocycles. The number of methoxy groups -OCH3 is 1. The van der Waals surface area contributed by atoms with Gasteiger partial charge in [-0.05, 0) is 29.8 Å². The Hall–Kier alpha value is -4.24. The molecule has 166 valence electrons. The van der Waals surface area contributed by atoms with Crippen LogP contribution in [0.5, 0.6) is 5.75 Å². The fourth-order valence-corrected chi connectivity index (χ4v) is 4.43. The quantitative estimate of drug-likeness (QED) is 0.336. The first-order valence-electron chi connectivity index (χ1n) is 10.3. The molecule has 2 amide bonds. The smallest absolute Gasteiger partial charge is 0.269 e. The van der Waals surface area contributed by atoms with Gasteiger partial charge in [-0.1, -0.05) is 42.5 Å². The van der Waals surface area contributed by atoms with Gasteiger partial charge >= 0.3 is 0 Å². The Morgan fingerprint density at radius 3 is 2.39 bits per heavy atom. The second-order valence-corrected chi connectivity index (χ2v) is 7.69. The molecular weight excluding hydrogens is 426 g/mol. The minimum atomic E-state index is -1.08. The third-order valence-electron chi connectivity index (χ3n) is 5.87. The number of hydrogen-bond acceptors (Lipinski definition) is 7. The van der Waals surface area contributed by atoms with E-state index >= 15 is 0 Å². The molecule has 9 nitrogen and oxygen atoms in total. The number of amides is 2. The molecule has 2 aliphatic rings. The number of anilines is 2. The number of ether oxygens (including phenoxy) is 1. The Bertz CT molecular complexity index is 1250. The van der Waals surface area contributed by atoms with Gasteiger partial charge in [0.15, 0.2) is 6.10 Å². The largest absolute Gasteiger partial charge is 0.495 e. The summed E-state index contributed by atoms with van der Waals surface area (Å²) in [6.07, 6.45) is -1.08. The molecule has 9 heteroatoms.